The largest absolute Gasteiger partial charge is 0.497 e. The van der Waals surface area contributed by atoms with E-state index < -0.39 is 11.5 Å². The molecule has 2 unspecified atom stereocenters. The van der Waals surface area contributed by atoms with Crippen LogP contribution in [0.15, 0.2) is 29.2 Å². The molecule has 6 rings (SSSR count). The van der Waals surface area contributed by atoms with Crippen molar-refractivity contribution in [2.75, 3.05) is 19.5 Å². The van der Waals surface area contributed by atoms with E-state index in [-0.39, 0.29) is 22.4 Å². The standard InChI is InChI=1S/C24H28ClN3O5/c1-32-16-3-4-17(19(6-16)33-2)27-18-12-26-28(22(31)21(18)25)24-9-14-5-15(10-24)8-23(7-14,13-24)11-20(29)30/h3-4,6,12,14-15,27H,5,7-11,13H2,1-2H3,(H,29,30). The van der Waals surface area contributed by atoms with Gasteiger partial charge in [0.25, 0.3) is 5.56 Å². The van der Waals surface area contributed by atoms with Gasteiger partial charge in [-0.15, -0.1) is 0 Å². The van der Waals surface area contributed by atoms with E-state index in [4.69, 9.17) is 21.1 Å². The number of halogens is 1. The average Bonchev–Trinajstić information content (AvgIpc) is 2.75. The summed E-state index contributed by atoms with van der Waals surface area (Å²) in [4.78, 5) is 25.1. The van der Waals surface area contributed by atoms with Gasteiger partial charge in [-0.1, -0.05) is 11.6 Å². The molecule has 4 aliphatic rings. The zero-order chi connectivity index (χ0) is 23.4. The highest BCUT2D eigenvalue weighted by molar-refractivity contribution is 6.33. The average molecular weight is 474 g/mol. The van der Waals surface area contributed by atoms with Crippen molar-refractivity contribution in [2.45, 2.75) is 50.5 Å². The molecule has 1 heterocycles. The van der Waals surface area contributed by atoms with Crippen LogP contribution in [0, 0.1) is 17.3 Å². The van der Waals surface area contributed by atoms with Crippen molar-refractivity contribution in [3.8, 4) is 11.5 Å². The molecule has 9 heteroatoms. The fourth-order valence-corrected chi connectivity index (χ4v) is 7.26. The molecule has 2 aromatic rings. The summed E-state index contributed by atoms with van der Waals surface area (Å²) in [6.07, 6.45) is 7.08. The predicted octanol–water partition coefficient (Wildman–Crippen LogP) is 4.43. The molecule has 1 aromatic carbocycles. The van der Waals surface area contributed by atoms with Crippen molar-refractivity contribution < 1.29 is 19.4 Å². The van der Waals surface area contributed by atoms with E-state index >= 15 is 0 Å². The third-order valence-corrected chi connectivity index (χ3v) is 8.09. The summed E-state index contributed by atoms with van der Waals surface area (Å²) in [5, 5.41) is 17.3. The minimum atomic E-state index is -0.765. The lowest BCUT2D eigenvalue weighted by molar-refractivity contribution is -0.151. The number of hydrogen-bond donors (Lipinski definition) is 2. The first-order valence-corrected chi connectivity index (χ1v) is 11.6. The van der Waals surface area contributed by atoms with Gasteiger partial charge in [-0.05, 0) is 67.9 Å². The highest BCUT2D eigenvalue weighted by atomic mass is 35.5. The molecule has 0 aliphatic heterocycles. The second kappa shape index (κ2) is 7.94. The van der Waals surface area contributed by atoms with Gasteiger partial charge in [-0.3, -0.25) is 9.59 Å². The van der Waals surface area contributed by atoms with Gasteiger partial charge in [0, 0.05) is 6.07 Å². The van der Waals surface area contributed by atoms with Crippen LogP contribution in [0.25, 0.3) is 0 Å². The quantitative estimate of drug-likeness (QED) is 0.613. The third kappa shape index (κ3) is 3.74. The van der Waals surface area contributed by atoms with Gasteiger partial charge < -0.3 is 19.9 Å². The third-order valence-electron chi connectivity index (χ3n) is 7.72. The normalized spacial score (nSPS) is 29.7. The SMILES string of the molecule is COc1ccc(Nc2cnn(C34CC5CC(CC(CC(=O)O)(C5)C3)C4)c(=O)c2Cl)c(OC)c1. The summed E-state index contributed by atoms with van der Waals surface area (Å²) in [7, 11) is 3.13. The number of benzene rings is 1. The Morgan fingerprint density at radius 2 is 1.94 bits per heavy atom. The molecule has 33 heavy (non-hydrogen) atoms. The van der Waals surface area contributed by atoms with Gasteiger partial charge in [0.1, 0.15) is 16.5 Å². The number of nitrogens with one attached hydrogen (secondary N) is 1. The van der Waals surface area contributed by atoms with E-state index in [0.29, 0.717) is 41.1 Å². The lowest BCUT2D eigenvalue weighted by atomic mass is 9.46. The molecular weight excluding hydrogens is 446 g/mol. The molecule has 0 saturated heterocycles. The van der Waals surface area contributed by atoms with E-state index in [1.165, 1.54) is 0 Å². The smallest absolute Gasteiger partial charge is 0.303 e. The number of rotatable bonds is 7. The summed E-state index contributed by atoms with van der Waals surface area (Å²) >= 11 is 6.57. The highest BCUT2D eigenvalue weighted by Gasteiger charge is 2.59. The summed E-state index contributed by atoms with van der Waals surface area (Å²) in [5.41, 5.74) is -0.0321. The molecular formula is C24H28ClN3O5. The van der Waals surface area contributed by atoms with Crippen LogP contribution in [0.2, 0.25) is 5.02 Å². The van der Waals surface area contributed by atoms with Crippen LogP contribution in [0.4, 0.5) is 11.4 Å². The van der Waals surface area contributed by atoms with Crippen LogP contribution in [-0.2, 0) is 10.3 Å². The molecule has 8 nitrogen and oxygen atoms in total. The first-order valence-electron chi connectivity index (χ1n) is 11.3. The van der Waals surface area contributed by atoms with Gasteiger partial charge in [0.15, 0.2) is 0 Å². The number of carboxylic acid groups (broad SMARTS) is 1. The minimum Gasteiger partial charge on any atom is -0.497 e. The molecule has 4 aliphatic carbocycles. The Bertz CT molecular complexity index is 1150. The number of carboxylic acids is 1. The Kier molecular flexibility index (Phi) is 5.31. The van der Waals surface area contributed by atoms with Crippen LogP contribution in [0.1, 0.15) is 44.9 Å². The molecule has 2 N–H and O–H groups in total. The molecule has 0 spiro atoms. The number of anilines is 2. The van der Waals surface area contributed by atoms with Crippen molar-refractivity contribution in [1.29, 1.82) is 0 Å². The number of aromatic nitrogens is 2. The van der Waals surface area contributed by atoms with Crippen LogP contribution in [0.3, 0.4) is 0 Å². The molecule has 0 radical (unpaired) electrons. The molecule has 2 atom stereocenters. The van der Waals surface area contributed by atoms with Gasteiger partial charge in [-0.2, -0.15) is 5.10 Å². The fraction of sp³-hybridized carbons (Fsp3) is 0.542. The van der Waals surface area contributed by atoms with Crippen molar-refractivity contribution in [2.24, 2.45) is 17.3 Å². The lowest BCUT2D eigenvalue weighted by Crippen LogP contribution is -2.59. The monoisotopic (exact) mass is 473 g/mol. The van der Waals surface area contributed by atoms with Gasteiger partial charge in [0.05, 0.1) is 43.8 Å². The van der Waals surface area contributed by atoms with Crippen LogP contribution in [0.5, 0.6) is 11.5 Å². The van der Waals surface area contributed by atoms with E-state index in [1.54, 1.807) is 43.3 Å². The predicted molar refractivity (Wildman–Crippen MR) is 124 cm³/mol. The molecule has 176 valence electrons. The number of methoxy groups -OCH3 is 2. The first-order chi connectivity index (χ1) is 15.8. The fourth-order valence-electron chi connectivity index (χ4n) is 7.08. The van der Waals surface area contributed by atoms with Gasteiger partial charge in [0.2, 0.25) is 0 Å². The van der Waals surface area contributed by atoms with Crippen molar-refractivity contribution in [1.82, 2.24) is 9.78 Å². The van der Waals surface area contributed by atoms with E-state index in [0.717, 1.165) is 32.1 Å². The second-order valence-electron chi connectivity index (χ2n) is 10.0. The Balaban J connectivity index is 1.49. The van der Waals surface area contributed by atoms with Crippen LogP contribution >= 0.6 is 11.6 Å². The number of hydrogen-bond acceptors (Lipinski definition) is 6. The van der Waals surface area contributed by atoms with Gasteiger partial charge >= 0.3 is 5.97 Å². The van der Waals surface area contributed by atoms with E-state index in [1.807, 2.05) is 0 Å². The molecule has 1 aromatic heterocycles. The van der Waals surface area contributed by atoms with Crippen LogP contribution in [-0.4, -0.2) is 35.1 Å². The van der Waals surface area contributed by atoms with Crippen molar-refractivity contribution >= 4 is 28.9 Å². The maximum Gasteiger partial charge on any atom is 0.303 e. The molecule has 4 fully saturated rings. The summed E-state index contributed by atoms with van der Waals surface area (Å²) in [5.74, 6) is 1.29. The lowest BCUT2D eigenvalue weighted by Gasteiger charge is -2.61. The van der Waals surface area contributed by atoms with E-state index in [2.05, 4.69) is 10.4 Å². The molecule has 4 saturated carbocycles. The zero-order valence-corrected chi connectivity index (χ0v) is 19.5. The first kappa shape index (κ1) is 22.1. The second-order valence-corrected chi connectivity index (χ2v) is 10.4. The Labute approximate surface area is 196 Å². The Morgan fingerprint density at radius 1 is 1.21 bits per heavy atom. The summed E-state index contributed by atoms with van der Waals surface area (Å²) in [6, 6.07) is 5.31. The number of aliphatic carboxylic acids is 1. The summed E-state index contributed by atoms with van der Waals surface area (Å²) < 4.78 is 12.2. The maximum absolute atomic E-state index is 13.4. The minimum absolute atomic E-state index is 0.0610. The topological polar surface area (TPSA) is 103 Å². The Hall–Kier alpha value is -2.74. The zero-order valence-electron chi connectivity index (χ0n) is 18.8. The Morgan fingerprint density at radius 3 is 2.58 bits per heavy atom. The molecule has 4 bridgehead atoms. The van der Waals surface area contributed by atoms with Crippen LogP contribution < -0.4 is 20.3 Å². The van der Waals surface area contributed by atoms with Crippen molar-refractivity contribution in [3.05, 3.63) is 39.8 Å². The van der Waals surface area contributed by atoms with E-state index in [9.17, 15) is 14.7 Å². The number of ether oxygens (including phenoxy) is 2. The van der Waals surface area contributed by atoms with Gasteiger partial charge in [-0.25, -0.2) is 4.68 Å². The van der Waals surface area contributed by atoms with Crippen molar-refractivity contribution in [3.63, 3.8) is 0 Å². The number of nitrogens with zero attached hydrogens (tertiary/aromatic N) is 2. The summed E-state index contributed by atoms with van der Waals surface area (Å²) in [6.45, 7) is 0. The maximum atomic E-state index is 13.4. The number of carbonyl (C=O) groups is 1. The molecule has 0 amide bonds. The highest BCUT2D eigenvalue weighted by Crippen LogP contribution is 2.65.